The summed E-state index contributed by atoms with van der Waals surface area (Å²) in [5.41, 5.74) is 6.09. The van der Waals surface area contributed by atoms with E-state index in [9.17, 15) is 8.78 Å². The standard InChI is InChI=1S/C14H11ClF2N2O2/c15-12-6-10(16)1-2-13(12)21-7-8-3-9(14(18)19-20)5-11(17)4-8/h1-6,20H,7H2,(H2,18,19). The minimum absolute atomic E-state index is 0.00514. The van der Waals surface area contributed by atoms with Gasteiger partial charge in [-0.3, -0.25) is 0 Å². The van der Waals surface area contributed by atoms with Gasteiger partial charge in [-0.1, -0.05) is 16.8 Å². The van der Waals surface area contributed by atoms with Crippen LogP contribution in [0.4, 0.5) is 8.78 Å². The Balaban J connectivity index is 2.18. The first-order valence-electron chi connectivity index (χ1n) is 5.85. The molecular formula is C14H11ClF2N2O2. The summed E-state index contributed by atoms with van der Waals surface area (Å²) in [5, 5.41) is 11.5. The Morgan fingerprint density at radius 2 is 1.95 bits per heavy atom. The van der Waals surface area contributed by atoms with Gasteiger partial charge >= 0.3 is 0 Å². The summed E-state index contributed by atoms with van der Waals surface area (Å²) in [6.45, 7) is -0.00514. The van der Waals surface area contributed by atoms with Crippen LogP contribution in [0.25, 0.3) is 0 Å². The maximum Gasteiger partial charge on any atom is 0.170 e. The summed E-state index contributed by atoms with van der Waals surface area (Å²) in [6, 6.07) is 7.57. The normalized spacial score (nSPS) is 11.5. The molecule has 0 fully saturated rings. The van der Waals surface area contributed by atoms with Gasteiger partial charge in [0.05, 0.1) is 5.02 Å². The monoisotopic (exact) mass is 312 g/mol. The molecule has 0 radical (unpaired) electrons. The van der Waals surface area contributed by atoms with Gasteiger partial charge in [-0.05, 0) is 42.0 Å². The van der Waals surface area contributed by atoms with Crippen molar-refractivity contribution < 1.29 is 18.7 Å². The molecule has 0 heterocycles. The van der Waals surface area contributed by atoms with Gasteiger partial charge in [-0.25, -0.2) is 8.78 Å². The van der Waals surface area contributed by atoms with Crippen molar-refractivity contribution >= 4 is 17.4 Å². The number of amidine groups is 1. The van der Waals surface area contributed by atoms with Crippen LogP contribution in [-0.4, -0.2) is 11.0 Å². The van der Waals surface area contributed by atoms with Crippen molar-refractivity contribution in [3.63, 3.8) is 0 Å². The molecule has 0 aliphatic rings. The van der Waals surface area contributed by atoms with Crippen molar-refractivity contribution in [2.24, 2.45) is 10.9 Å². The number of ether oxygens (including phenoxy) is 1. The fraction of sp³-hybridized carbons (Fsp3) is 0.0714. The Hall–Kier alpha value is -2.34. The average molecular weight is 313 g/mol. The third-order valence-electron chi connectivity index (χ3n) is 2.65. The highest BCUT2D eigenvalue weighted by Gasteiger charge is 2.07. The lowest BCUT2D eigenvalue weighted by Gasteiger charge is -2.09. The molecule has 21 heavy (non-hydrogen) atoms. The Kier molecular flexibility index (Phi) is 4.59. The smallest absolute Gasteiger partial charge is 0.170 e. The lowest BCUT2D eigenvalue weighted by atomic mass is 10.1. The van der Waals surface area contributed by atoms with E-state index in [0.29, 0.717) is 5.56 Å². The maximum atomic E-state index is 13.5. The predicted molar refractivity (Wildman–Crippen MR) is 74.7 cm³/mol. The summed E-state index contributed by atoms with van der Waals surface area (Å²) in [5.74, 6) is -0.974. The molecule has 0 unspecified atom stereocenters. The summed E-state index contributed by atoms with van der Waals surface area (Å²) in [6.07, 6.45) is 0. The molecule has 0 aromatic heterocycles. The zero-order valence-corrected chi connectivity index (χ0v) is 11.4. The quantitative estimate of drug-likeness (QED) is 0.394. The first kappa shape index (κ1) is 15.1. The molecular weight excluding hydrogens is 302 g/mol. The van der Waals surface area contributed by atoms with Crippen molar-refractivity contribution in [1.82, 2.24) is 0 Å². The first-order valence-corrected chi connectivity index (χ1v) is 6.22. The van der Waals surface area contributed by atoms with E-state index in [1.807, 2.05) is 0 Å². The molecule has 0 atom stereocenters. The second-order valence-corrected chi connectivity index (χ2v) is 4.60. The van der Waals surface area contributed by atoms with Crippen LogP contribution in [0.1, 0.15) is 11.1 Å². The highest BCUT2D eigenvalue weighted by atomic mass is 35.5. The number of oxime groups is 1. The second-order valence-electron chi connectivity index (χ2n) is 4.20. The van der Waals surface area contributed by atoms with Gasteiger partial charge in [0.2, 0.25) is 0 Å². The molecule has 2 aromatic carbocycles. The van der Waals surface area contributed by atoms with Crippen molar-refractivity contribution in [1.29, 1.82) is 0 Å². The van der Waals surface area contributed by atoms with Gasteiger partial charge in [-0.2, -0.15) is 0 Å². The van der Waals surface area contributed by atoms with Gasteiger partial charge in [0, 0.05) is 5.56 Å². The Morgan fingerprint density at radius 1 is 1.19 bits per heavy atom. The van der Waals surface area contributed by atoms with Crippen molar-refractivity contribution in [2.75, 3.05) is 0 Å². The van der Waals surface area contributed by atoms with Crippen LogP contribution in [-0.2, 0) is 6.61 Å². The van der Waals surface area contributed by atoms with E-state index in [1.165, 1.54) is 24.3 Å². The average Bonchev–Trinajstić information content (AvgIpc) is 2.45. The number of hydrogen-bond donors (Lipinski definition) is 2. The van der Waals surface area contributed by atoms with Gasteiger partial charge in [0.1, 0.15) is 24.0 Å². The largest absolute Gasteiger partial charge is 0.487 e. The van der Waals surface area contributed by atoms with Crippen LogP contribution >= 0.6 is 11.6 Å². The molecule has 2 aromatic rings. The van der Waals surface area contributed by atoms with Crippen LogP contribution in [0.3, 0.4) is 0 Å². The minimum atomic E-state index is -0.553. The van der Waals surface area contributed by atoms with Crippen LogP contribution in [0.15, 0.2) is 41.6 Å². The predicted octanol–water partition coefficient (Wildman–Crippen LogP) is 3.29. The summed E-state index contributed by atoms with van der Waals surface area (Å²) in [4.78, 5) is 0. The molecule has 110 valence electrons. The van der Waals surface area contributed by atoms with Gasteiger partial charge in [0.25, 0.3) is 0 Å². The molecule has 0 spiro atoms. The van der Waals surface area contributed by atoms with Crippen LogP contribution in [0.5, 0.6) is 5.75 Å². The number of nitrogens with two attached hydrogens (primary N) is 1. The lowest BCUT2D eigenvalue weighted by Crippen LogP contribution is -2.14. The first-order chi connectivity index (χ1) is 9.99. The van der Waals surface area contributed by atoms with E-state index in [0.717, 1.165) is 12.1 Å². The lowest BCUT2D eigenvalue weighted by molar-refractivity contribution is 0.305. The zero-order valence-electron chi connectivity index (χ0n) is 10.7. The second kappa shape index (κ2) is 6.41. The van der Waals surface area contributed by atoms with Crippen molar-refractivity contribution in [2.45, 2.75) is 6.61 Å². The third kappa shape index (κ3) is 3.82. The van der Waals surface area contributed by atoms with E-state index in [-0.39, 0.29) is 28.8 Å². The number of hydrogen-bond acceptors (Lipinski definition) is 3. The van der Waals surface area contributed by atoms with Crippen molar-refractivity contribution in [3.05, 3.63) is 64.2 Å². The fourth-order valence-corrected chi connectivity index (χ4v) is 1.91. The summed E-state index contributed by atoms with van der Waals surface area (Å²) >= 11 is 5.82. The fourth-order valence-electron chi connectivity index (χ4n) is 1.69. The molecule has 0 saturated heterocycles. The van der Waals surface area contributed by atoms with Gasteiger partial charge < -0.3 is 15.7 Å². The molecule has 0 aliphatic carbocycles. The third-order valence-corrected chi connectivity index (χ3v) is 2.94. The molecule has 7 heteroatoms. The zero-order chi connectivity index (χ0) is 15.4. The van der Waals surface area contributed by atoms with E-state index in [4.69, 9.17) is 27.3 Å². The van der Waals surface area contributed by atoms with E-state index in [1.54, 1.807) is 0 Å². The van der Waals surface area contributed by atoms with E-state index in [2.05, 4.69) is 5.16 Å². The molecule has 0 saturated carbocycles. The highest BCUT2D eigenvalue weighted by Crippen LogP contribution is 2.25. The highest BCUT2D eigenvalue weighted by molar-refractivity contribution is 6.32. The van der Waals surface area contributed by atoms with Crippen LogP contribution in [0.2, 0.25) is 5.02 Å². The number of benzene rings is 2. The minimum Gasteiger partial charge on any atom is -0.487 e. The molecule has 3 N–H and O–H groups in total. The number of nitrogens with zero attached hydrogens (tertiary/aromatic N) is 1. The molecule has 2 rings (SSSR count). The topological polar surface area (TPSA) is 67.8 Å². The summed E-state index contributed by atoms with van der Waals surface area (Å²) < 4.78 is 31.8. The van der Waals surface area contributed by atoms with E-state index < -0.39 is 11.6 Å². The molecule has 4 nitrogen and oxygen atoms in total. The molecule has 0 aliphatic heterocycles. The molecule has 0 bridgehead atoms. The number of halogens is 3. The molecule has 0 amide bonds. The van der Waals surface area contributed by atoms with Gasteiger partial charge in [0.15, 0.2) is 5.84 Å². The van der Waals surface area contributed by atoms with Crippen LogP contribution < -0.4 is 10.5 Å². The van der Waals surface area contributed by atoms with Gasteiger partial charge in [-0.15, -0.1) is 0 Å². The van der Waals surface area contributed by atoms with Crippen LogP contribution in [0, 0.1) is 11.6 Å². The SMILES string of the molecule is N/C(=N/O)c1cc(F)cc(COc2ccc(F)cc2Cl)c1. The maximum absolute atomic E-state index is 13.5. The Labute approximate surface area is 124 Å². The Bertz CT molecular complexity index is 693. The number of rotatable bonds is 4. The van der Waals surface area contributed by atoms with E-state index >= 15 is 0 Å². The summed E-state index contributed by atoms with van der Waals surface area (Å²) in [7, 11) is 0. The van der Waals surface area contributed by atoms with Crippen molar-refractivity contribution in [3.8, 4) is 5.75 Å². The Morgan fingerprint density at radius 3 is 2.62 bits per heavy atom.